The first-order valence-corrected chi connectivity index (χ1v) is 9.98. The molecule has 1 amide bonds. The number of carbonyl (C=O) groups excluding carboxylic acids is 1. The van der Waals surface area contributed by atoms with E-state index in [-0.39, 0.29) is 17.9 Å². The summed E-state index contributed by atoms with van der Waals surface area (Å²) in [6.45, 7) is 2.50. The van der Waals surface area contributed by atoms with Crippen LogP contribution in [0.4, 0.5) is 8.78 Å². The Morgan fingerprint density at radius 2 is 2.03 bits per heavy atom. The van der Waals surface area contributed by atoms with Crippen molar-refractivity contribution in [3.05, 3.63) is 53.9 Å². The second-order valence-corrected chi connectivity index (χ2v) is 7.89. The minimum Gasteiger partial charge on any atom is -0.390 e. The predicted molar refractivity (Wildman–Crippen MR) is 105 cm³/mol. The molecule has 29 heavy (non-hydrogen) atoms. The highest BCUT2D eigenvalue weighted by Crippen LogP contribution is 2.39. The zero-order chi connectivity index (χ0) is 20.9. The van der Waals surface area contributed by atoms with Crippen LogP contribution in [0.25, 0.3) is 0 Å². The van der Waals surface area contributed by atoms with Crippen LogP contribution in [0.5, 0.6) is 0 Å². The van der Waals surface area contributed by atoms with Crippen LogP contribution in [0.1, 0.15) is 38.2 Å². The first-order valence-electron chi connectivity index (χ1n) is 9.98. The molecular weight excluding hydrogens is 378 g/mol. The molecule has 8 heteroatoms. The number of hydrogen-bond acceptors (Lipinski definition) is 4. The van der Waals surface area contributed by atoms with Crippen molar-refractivity contribution in [1.82, 2.24) is 20.4 Å². The van der Waals surface area contributed by atoms with E-state index in [9.17, 15) is 18.7 Å². The molecule has 158 valence electrons. The number of nitrogens with zero attached hydrogens (tertiary/aromatic N) is 2. The number of hydrogen-bond donors (Lipinski definition) is 3. The van der Waals surface area contributed by atoms with E-state index < -0.39 is 23.8 Å². The summed E-state index contributed by atoms with van der Waals surface area (Å²) in [7, 11) is 0. The summed E-state index contributed by atoms with van der Waals surface area (Å²) in [6.07, 6.45) is 6.98. The lowest BCUT2D eigenvalue weighted by Crippen LogP contribution is -2.50. The van der Waals surface area contributed by atoms with Crippen LogP contribution in [0.3, 0.4) is 0 Å². The van der Waals surface area contributed by atoms with Crippen molar-refractivity contribution in [3.63, 3.8) is 0 Å². The van der Waals surface area contributed by atoms with Crippen LogP contribution in [0, 0.1) is 11.6 Å². The molecule has 1 heterocycles. The van der Waals surface area contributed by atoms with Gasteiger partial charge in [-0.15, -0.1) is 0 Å². The van der Waals surface area contributed by atoms with Crippen molar-refractivity contribution in [1.29, 1.82) is 0 Å². The fraction of sp³-hybridized carbons (Fsp3) is 0.524. The van der Waals surface area contributed by atoms with Crippen molar-refractivity contribution >= 4 is 5.91 Å². The van der Waals surface area contributed by atoms with E-state index in [1.54, 1.807) is 6.20 Å². The van der Waals surface area contributed by atoms with Crippen LogP contribution in [0.15, 0.2) is 36.7 Å². The molecule has 6 nitrogen and oxygen atoms in total. The van der Waals surface area contributed by atoms with Gasteiger partial charge in [-0.3, -0.25) is 9.48 Å². The molecule has 0 spiro atoms. The topological polar surface area (TPSA) is 79.2 Å². The van der Waals surface area contributed by atoms with Gasteiger partial charge in [-0.25, -0.2) is 8.78 Å². The van der Waals surface area contributed by atoms with Gasteiger partial charge >= 0.3 is 0 Å². The molecule has 1 aliphatic carbocycles. The lowest BCUT2D eigenvalue weighted by molar-refractivity contribution is -0.120. The number of aliphatic hydroxyl groups excluding tert-OH is 1. The number of aromatic nitrogens is 2. The molecule has 2 atom stereocenters. The van der Waals surface area contributed by atoms with E-state index >= 15 is 0 Å². The molecule has 0 radical (unpaired) electrons. The molecule has 0 aliphatic heterocycles. The monoisotopic (exact) mass is 406 g/mol. The number of benzene rings is 1. The van der Waals surface area contributed by atoms with Crippen molar-refractivity contribution in [2.24, 2.45) is 0 Å². The second-order valence-electron chi connectivity index (χ2n) is 7.89. The maximum absolute atomic E-state index is 13.5. The molecule has 1 fully saturated rings. The summed E-state index contributed by atoms with van der Waals surface area (Å²) in [5.74, 6) is -1.65. The lowest BCUT2D eigenvalue weighted by Gasteiger charge is -2.27. The van der Waals surface area contributed by atoms with Crippen LogP contribution in [-0.2, 0) is 17.8 Å². The Kier molecular flexibility index (Phi) is 6.97. The Morgan fingerprint density at radius 3 is 2.62 bits per heavy atom. The average molecular weight is 406 g/mol. The van der Waals surface area contributed by atoms with Crippen molar-refractivity contribution < 1.29 is 18.7 Å². The van der Waals surface area contributed by atoms with Gasteiger partial charge in [0, 0.05) is 44.0 Å². The molecule has 1 saturated carbocycles. The van der Waals surface area contributed by atoms with Crippen LogP contribution in [-0.4, -0.2) is 45.0 Å². The Hall–Kier alpha value is -2.32. The number of aliphatic hydroxyl groups is 1. The molecular formula is C21H28F2N4O2. The molecule has 2 aromatic rings. The van der Waals surface area contributed by atoms with E-state index in [1.165, 1.54) is 19.1 Å². The van der Waals surface area contributed by atoms with E-state index in [0.29, 0.717) is 12.1 Å². The maximum Gasteiger partial charge on any atom is 0.217 e. The molecule has 1 aliphatic rings. The first-order chi connectivity index (χ1) is 13.8. The van der Waals surface area contributed by atoms with Crippen molar-refractivity contribution in [3.8, 4) is 0 Å². The van der Waals surface area contributed by atoms with Gasteiger partial charge in [0.1, 0.15) is 11.6 Å². The zero-order valence-corrected chi connectivity index (χ0v) is 16.6. The highest BCUT2D eigenvalue weighted by atomic mass is 19.1. The number of amides is 1. The second kappa shape index (κ2) is 9.45. The van der Waals surface area contributed by atoms with Crippen molar-refractivity contribution in [2.45, 2.75) is 63.3 Å². The maximum atomic E-state index is 13.5. The Balaban J connectivity index is 1.52. The Morgan fingerprint density at radius 1 is 1.31 bits per heavy atom. The summed E-state index contributed by atoms with van der Waals surface area (Å²) in [5, 5.41) is 21.0. The fourth-order valence-corrected chi connectivity index (χ4v) is 3.67. The van der Waals surface area contributed by atoms with Gasteiger partial charge < -0.3 is 15.7 Å². The normalized spacial score (nSPS) is 17.0. The highest BCUT2D eigenvalue weighted by Gasteiger charge is 2.42. The van der Waals surface area contributed by atoms with Gasteiger partial charge in [0.25, 0.3) is 0 Å². The van der Waals surface area contributed by atoms with Gasteiger partial charge in [0.2, 0.25) is 5.91 Å². The predicted octanol–water partition coefficient (Wildman–Crippen LogP) is 2.17. The summed E-state index contributed by atoms with van der Waals surface area (Å²) in [5.41, 5.74) is 0.403. The molecule has 0 saturated heterocycles. The third-order valence-electron chi connectivity index (χ3n) is 5.37. The third kappa shape index (κ3) is 6.61. The van der Waals surface area contributed by atoms with Crippen molar-refractivity contribution in [2.75, 3.05) is 6.54 Å². The molecule has 3 rings (SSSR count). The average Bonchev–Trinajstić information content (AvgIpc) is 3.21. The minimum absolute atomic E-state index is 0.0138. The van der Waals surface area contributed by atoms with Crippen LogP contribution >= 0.6 is 0 Å². The number of carbonyl (C=O) groups is 1. The van der Waals surface area contributed by atoms with Gasteiger partial charge in [-0.2, -0.15) is 5.10 Å². The molecule has 0 bridgehead atoms. The largest absolute Gasteiger partial charge is 0.390 e. The summed E-state index contributed by atoms with van der Waals surface area (Å²) in [6, 6.07) is 4.50. The minimum atomic E-state index is -0.881. The summed E-state index contributed by atoms with van der Waals surface area (Å²) >= 11 is 0. The van der Waals surface area contributed by atoms with Gasteiger partial charge in [-0.1, -0.05) is 0 Å². The molecule has 1 aromatic heterocycles. The van der Waals surface area contributed by atoms with E-state index in [1.807, 2.05) is 16.9 Å². The summed E-state index contributed by atoms with van der Waals surface area (Å²) < 4.78 is 28.8. The number of rotatable bonds is 11. The quantitative estimate of drug-likeness (QED) is 0.534. The first kappa shape index (κ1) is 21.4. The fourth-order valence-electron chi connectivity index (χ4n) is 3.67. The molecule has 1 aromatic carbocycles. The number of aryl methyl sites for hydroxylation is 1. The number of nitrogens with one attached hydrogen (secondary N) is 2. The van der Waals surface area contributed by atoms with Crippen LogP contribution < -0.4 is 10.6 Å². The smallest absolute Gasteiger partial charge is 0.217 e. The van der Waals surface area contributed by atoms with Gasteiger partial charge in [0.15, 0.2) is 0 Å². The number of halogens is 2. The third-order valence-corrected chi connectivity index (χ3v) is 5.37. The SMILES string of the molecule is CC(=O)NC(Cc1cc(F)cc(F)c1)C(O)CNC1(CCCn2cccn2)CC1. The summed E-state index contributed by atoms with van der Waals surface area (Å²) in [4.78, 5) is 11.6. The lowest BCUT2D eigenvalue weighted by atomic mass is 10.00. The molecule has 2 unspecified atom stereocenters. The van der Waals surface area contributed by atoms with E-state index in [2.05, 4.69) is 15.7 Å². The number of β-amino-alcohol motifs (C(OH)–C–C–N with tert-alkyl or cyclic N) is 1. The van der Waals surface area contributed by atoms with E-state index in [0.717, 1.165) is 38.3 Å². The van der Waals surface area contributed by atoms with E-state index in [4.69, 9.17) is 0 Å². The zero-order valence-electron chi connectivity index (χ0n) is 16.6. The van der Waals surface area contributed by atoms with Gasteiger partial charge in [0.05, 0.1) is 12.1 Å². The molecule has 3 N–H and O–H groups in total. The van der Waals surface area contributed by atoms with Gasteiger partial charge in [-0.05, 0) is 55.9 Å². The standard InChI is InChI=1S/C21H28F2N4O2/c1-15(28)26-19(12-16-10-17(22)13-18(23)11-16)20(29)14-24-21(5-6-21)4-2-8-27-9-3-7-25-27/h3,7,9-11,13,19-20,24,29H,2,4-6,8,12,14H2,1H3,(H,26,28). The Bertz CT molecular complexity index is 789. The van der Waals surface area contributed by atoms with Crippen LogP contribution in [0.2, 0.25) is 0 Å². The highest BCUT2D eigenvalue weighted by molar-refractivity contribution is 5.73. The Labute approximate surface area is 169 Å².